The number of carboxylic acid groups (broad SMARTS) is 1. The van der Waals surface area contributed by atoms with Crippen LogP contribution >= 0.6 is 0 Å². The quantitative estimate of drug-likeness (QED) is 0.0840. The van der Waals surface area contributed by atoms with Crippen LogP contribution in [0.3, 0.4) is 0 Å². The Bertz CT molecular complexity index is 536. The lowest BCUT2D eigenvalue weighted by Crippen LogP contribution is -2.40. The first kappa shape index (κ1) is 39.6. The fraction of sp³-hybridized carbons (Fsp3) is 0.857. The largest absolute Gasteiger partial charge is 0.480 e. The highest BCUT2D eigenvalue weighted by Crippen LogP contribution is 2.13. The summed E-state index contributed by atoms with van der Waals surface area (Å²) in [7, 11) is 4.53. The lowest BCUT2D eigenvalue weighted by Gasteiger charge is -2.13. The Kier molecular flexibility index (Phi) is 36.5. The molecule has 0 spiro atoms. The first-order valence-corrected chi connectivity index (χ1v) is 14.5. The molecule has 0 aromatic heterocycles. The Morgan fingerprint density at radius 2 is 1.22 bits per heavy atom. The lowest BCUT2D eigenvalue weighted by molar-refractivity contribution is -0.142. The summed E-state index contributed by atoms with van der Waals surface area (Å²) in [4.78, 5) is 41.8. The molecular formula is C28H56BN3O5. The molecule has 8 nitrogen and oxygen atoms in total. The average Bonchev–Trinajstić information content (AvgIpc) is 2.87. The van der Waals surface area contributed by atoms with Crippen molar-refractivity contribution in [3.05, 3.63) is 0 Å². The van der Waals surface area contributed by atoms with E-state index in [1.807, 2.05) is 6.92 Å². The summed E-state index contributed by atoms with van der Waals surface area (Å²) < 4.78 is 0. The van der Waals surface area contributed by atoms with Gasteiger partial charge in [-0.15, -0.1) is 0 Å². The summed E-state index contributed by atoms with van der Waals surface area (Å²) in [6.45, 7) is 7.03. The van der Waals surface area contributed by atoms with E-state index in [1.54, 1.807) is 0 Å². The molecule has 2 radical (unpaired) electrons. The summed E-state index contributed by atoms with van der Waals surface area (Å²) in [5.74, 6) is -1.05. The molecule has 5 N–H and O–H groups in total. The van der Waals surface area contributed by atoms with Gasteiger partial charge >= 0.3 is 5.97 Å². The second-order valence-corrected chi connectivity index (χ2v) is 9.34. The Labute approximate surface area is 228 Å². The fourth-order valence-corrected chi connectivity index (χ4v) is 3.45. The summed E-state index contributed by atoms with van der Waals surface area (Å²) in [6.07, 6.45) is 21.3. The second kappa shape index (κ2) is 34.1. The minimum absolute atomic E-state index is 0.0556. The highest BCUT2D eigenvalue weighted by atomic mass is 16.4. The highest BCUT2D eigenvalue weighted by molar-refractivity contribution is 6.58. The number of hydrogen-bond donors (Lipinski definition) is 4. The van der Waals surface area contributed by atoms with Crippen LogP contribution < -0.4 is 16.4 Å². The van der Waals surface area contributed by atoms with Gasteiger partial charge in [0, 0.05) is 19.5 Å². The van der Waals surface area contributed by atoms with E-state index in [-0.39, 0.29) is 12.5 Å². The van der Waals surface area contributed by atoms with Crippen LogP contribution in [0.5, 0.6) is 0 Å². The monoisotopic (exact) mass is 525 g/mol. The first-order chi connectivity index (χ1) is 17.8. The van der Waals surface area contributed by atoms with E-state index in [1.165, 1.54) is 70.6 Å². The van der Waals surface area contributed by atoms with E-state index in [9.17, 15) is 19.2 Å². The standard InChI is InChI=1S/C21H41NO3.C5H11NO.C2H4BNO/c1-3-5-6-7-8-9-10-11-12-13-14-15-16-18-20(23)22-19(17-4-2)21(24)25;1-2-3-4-6-5-7;3-2(5)1-4/h19H,3-18H2,1-2H3,(H,22,23)(H,24,25);5H,2-4H2,1H3,(H,6,7);1,4H2. The van der Waals surface area contributed by atoms with Gasteiger partial charge in [-0.1, -0.05) is 111 Å². The highest BCUT2D eigenvalue weighted by Gasteiger charge is 2.18. The molecule has 1 atom stereocenters. The number of aliphatic carboxylic acids is 1. The van der Waals surface area contributed by atoms with E-state index >= 15 is 0 Å². The number of hydrogen-bond acceptors (Lipinski definition) is 5. The van der Waals surface area contributed by atoms with Crippen molar-refractivity contribution in [1.29, 1.82) is 0 Å². The summed E-state index contributed by atoms with van der Waals surface area (Å²) in [5.41, 5.74) is 4.23. The third-order valence-corrected chi connectivity index (χ3v) is 5.68. The summed E-state index contributed by atoms with van der Waals surface area (Å²) in [5, 5.41) is 14.2. The average molecular weight is 526 g/mol. The Morgan fingerprint density at radius 3 is 1.57 bits per heavy atom. The topological polar surface area (TPSA) is 139 Å². The minimum Gasteiger partial charge on any atom is -0.480 e. The molecule has 0 saturated carbocycles. The number of nitrogens with one attached hydrogen (secondary N) is 2. The van der Waals surface area contributed by atoms with E-state index in [2.05, 4.69) is 32.3 Å². The number of unbranched alkanes of at least 4 members (excludes halogenated alkanes) is 13. The maximum atomic E-state index is 11.8. The molecular weight excluding hydrogens is 469 g/mol. The van der Waals surface area contributed by atoms with Crippen LogP contribution in [0.25, 0.3) is 0 Å². The van der Waals surface area contributed by atoms with Gasteiger partial charge in [0.05, 0.1) is 5.68 Å². The summed E-state index contributed by atoms with van der Waals surface area (Å²) in [6, 6.07) is -0.723. The number of rotatable bonds is 23. The Hall–Kier alpha value is -1.90. The Morgan fingerprint density at radius 1 is 0.784 bits per heavy atom. The van der Waals surface area contributed by atoms with Crippen LogP contribution in [0.2, 0.25) is 0 Å². The Balaban J connectivity index is -0.000000790. The van der Waals surface area contributed by atoms with Gasteiger partial charge in [0.1, 0.15) is 6.04 Å². The minimum atomic E-state index is -0.930. The van der Waals surface area contributed by atoms with Gasteiger partial charge in [0.25, 0.3) is 0 Å². The van der Waals surface area contributed by atoms with Crippen molar-refractivity contribution in [1.82, 2.24) is 10.6 Å². The number of carbonyl (C=O) groups is 4. The smallest absolute Gasteiger partial charge is 0.326 e. The lowest BCUT2D eigenvalue weighted by atomic mass is 10.0. The molecule has 0 aromatic rings. The maximum absolute atomic E-state index is 11.8. The van der Waals surface area contributed by atoms with Gasteiger partial charge in [0.15, 0.2) is 7.85 Å². The zero-order valence-electron chi connectivity index (χ0n) is 24.0. The van der Waals surface area contributed by atoms with Crippen molar-refractivity contribution in [2.75, 3.05) is 13.1 Å². The van der Waals surface area contributed by atoms with Crippen molar-refractivity contribution in [3.8, 4) is 0 Å². The van der Waals surface area contributed by atoms with Crippen LogP contribution in [-0.2, 0) is 19.2 Å². The molecule has 0 fully saturated rings. The molecule has 0 heterocycles. The van der Waals surface area contributed by atoms with Crippen molar-refractivity contribution in [2.24, 2.45) is 5.73 Å². The molecule has 0 bridgehead atoms. The number of carbonyl (C=O) groups excluding carboxylic acids is 3. The van der Waals surface area contributed by atoms with E-state index in [0.29, 0.717) is 12.8 Å². The van der Waals surface area contributed by atoms with Crippen molar-refractivity contribution in [2.45, 2.75) is 142 Å². The predicted octanol–water partition coefficient (Wildman–Crippen LogP) is 5.01. The van der Waals surface area contributed by atoms with Crippen molar-refractivity contribution < 1.29 is 24.3 Å². The maximum Gasteiger partial charge on any atom is 0.326 e. The zero-order valence-corrected chi connectivity index (χ0v) is 24.0. The molecule has 0 aliphatic heterocycles. The molecule has 1 unspecified atom stereocenters. The van der Waals surface area contributed by atoms with E-state index < -0.39 is 17.7 Å². The van der Waals surface area contributed by atoms with Crippen LogP contribution in [0.1, 0.15) is 136 Å². The number of amides is 2. The number of nitrogens with two attached hydrogens (primary N) is 1. The molecule has 0 aromatic carbocycles. The molecule has 216 valence electrons. The van der Waals surface area contributed by atoms with Crippen LogP contribution in [0, 0.1) is 0 Å². The predicted molar refractivity (Wildman–Crippen MR) is 154 cm³/mol. The molecule has 0 aliphatic carbocycles. The molecule has 0 saturated heterocycles. The third-order valence-electron chi connectivity index (χ3n) is 5.68. The normalized spacial score (nSPS) is 10.7. The molecule has 9 heteroatoms. The van der Waals surface area contributed by atoms with Gasteiger partial charge in [0.2, 0.25) is 12.3 Å². The van der Waals surface area contributed by atoms with Crippen LogP contribution in [0.15, 0.2) is 0 Å². The zero-order chi connectivity index (χ0) is 28.6. The summed E-state index contributed by atoms with van der Waals surface area (Å²) >= 11 is 0. The SMILES string of the molecule is CCCCCCCCCCCCCCCC(=O)NC(CCC)C(=O)O.CCCCNC=O.[B]C(=O)CN. The van der Waals surface area contributed by atoms with Gasteiger partial charge in [-0.05, 0) is 19.3 Å². The first-order valence-electron chi connectivity index (χ1n) is 14.5. The van der Waals surface area contributed by atoms with Gasteiger partial charge in [-0.2, -0.15) is 0 Å². The second-order valence-electron chi connectivity index (χ2n) is 9.34. The van der Waals surface area contributed by atoms with Crippen LogP contribution in [-0.4, -0.2) is 56.1 Å². The molecule has 0 aliphatic rings. The molecule has 37 heavy (non-hydrogen) atoms. The van der Waals surface area contributed by atoms with Gasteiger partial charge in [-0.3, -0.25) is 9.59 Å². The van der Waals surface area contributed by atoms with E-state index in [4.69, 9.17) is 10.8 Å². The van der Waals surface area contributed by atoms with Crippen molar-refractivity contribution >= 4 is 31.8 Å². The molecule has 2 amide bonds. The molecule has 0 rings (SSSR count). The van der Waals surface area contributed by atoms with Crippen LogP contribution in [0.4, 0.5) is 0 Å². The van der Waals surface area contributed by atoms with Gasteiger partial charge < -0.3 is 26.3 Å². The van der Waals surface area contributed by atoms with Gasteiger partial charge in [-0.25, -0.2) is 4.79 Å². The fourth-order valence-electron chi connectivity index (χ4n) is 3.45. The third kappa shape index (κ3) is 38.8. The van der Waals surface area contributed by atoms with E-state index in [0.717, 1.165) is 45.1 Å². The van der Waals surface area contributed by atoms with Crippen molar-refractivity contribution in [3.63, 3.8) is 0 Å². The number of carboxylic acids is 1.